The maximum atomic E-state index is 12.5. The maximum Gasteiger partial charge on any atom is 3.00 e. The largest absolute Gasteiger partial charge is 3.00 e. The molecule has 6 aromatic rings. The van der Waals surface area contributed by atoms with Gasteiger partial charge in [-0.15, -0.1) is 20.5 Å². The van der Waals surface area contributed by atoms with E-state index >= 15 is 0 Å². The molecule has 0 unspecified atom stereocenters. The van der Waals surface area contributed by atoms with Crippen LogP contribution in [-0.2, 0) is 17.4 Å². The first-order valence-corrected chi connectivity index (χ1v) is 14.3. The van der Waals surface area contributed by atoms with E-state index in [1.807, 2.05) is 36.4 Å². The van der Waals surface area contributed by atoms with Crippen molar-refractivity contribution in [1.29, 1.82) is 0 Å². The van der Waals surface area contributed by atoms with Crippen molar-refractivity contribution in [3.05, 3.63) is 152 Å². The van der Waals surface area contributed by atoms with Crippen LogP contribution < -0.4 is 40.2 Å². The molecule has 0 aliphatic carbocycles. The zero-order chi connectivity index (χ0) is 34.2. The van der Waals surface area contributed by atoms with E-state index in [1.165, 1.54) is 33.6 Å². The summed E-state index contributed by atoms with van der Waals surface area (Å²) in [5.41, 5.74) is 1.98. The third-order valence-corrected chi connectivity index (χ3v) is 6.87. The Morgan fingerprint density at radius 3 is 1.20 bits per heavy atom. The van der Waals surface area contributed by atoms with Crippen LogP contribution in [0.2, 0.25) is 0 Å². The molecule has 0 aliphatic rings. The van der Waals surface area contributed by atoms with Gasteiger partial charge < -0.3 is 19.8 Å². The Morgan fingerprint density at radius 2 is 0.860 bits per heavy atom. The molecule has 0 atom stereocenters. The quantitative estimate of drug-likeness (QED) is 0.178. The molecule has 2 heterocycles. The Morgan fingerprint density at radius 1 is 0.540 bits per heavy atom. The van der Waals surface area contributed by atoms with Crippen molar-refractivity contribution in [3.8, 4) is 11.4 Å². The zero-order valence-electron chi connectivity index (χ0n) is 26.9. The standard InChI is InChI=1S/2C17H14N4O3.Cr.Li/c2*1-11-15(16(22)21(20-11)12-7-3-2-4-8-12)19-18-14-10-6-5-9-13(14)17(23)24;;/h2*2-10,20H,1H3,(H,23,24);;/q;;+3;+1/p-2. The van der Waals surface area contributed by atoms with Gasteiger partial charge in [-0.3, -0.25) is 19.8 Å². The molecule has 0 bridgehead atoms. The Labute approximate surface area is 307 Å². The van der Waals surface area contributed by atoms with Crippen LogP contribution >= 0.6 is 0 Å². The van der Waals surface area contributed by atoms with Gasteiger partial charge >= 0.3 is 36.2 Å². The van der Waals surface area contributed by atoms with Crippen LogP contribution in [0.1, 0.15) is 32.1 Å². The van der Waals surface area contributed by atoms with Crippen molar-refractivity contribution in [3.63, 3.8) is 0 Å². The molecule has 6 rings (SSSR count). The number of nitrogens with one attached hydrogen (secondary N) is 2. The number of H-pyrrole nitrogens is 2. The number of aromatic amines is 2. The number of carboxylic acids is 2. The summed E-state index contributed by atoms with van der Waals surface area (Å²) in [5, 5.41) is 43.7. The van der Waals surface area contributed by atoms with Crippen molar-refractivity contribution in [2.45, 2.75) is 13.8 Å². The third kappa shape index (κ3) is 8.79. The molecule has 0 saturated carbocycles. The van der Waals surface area contributed by atoms with Gasteiger partial charge in [-0.05, 0) is 50.2 Å². The van der Waals surface area contributed by atoms with E-state index < -0.39 is 11.9 Å². The summed E-state index contributed by atoms with van der Waals surface area (Å²) in [4.78, 5) is 47.1. The minimum absolute atomic E-state index is 0. The topological polar surface area (TPSA) is 205 Å². The van der Waals surface area contributed by atoms with Crippen molar-refractivity contribution < 1.29 is 56.0 Å². The van der Waals surface area contributed by atoms with Gasteiger partial charge in [-0.1, -0.05) is 72.8 Å². The van der Waals surface area contributed by atoms with Crippen molar-refractivity contribution >= 4 is 34.7 Å². The second-order valence-electron chi connectivity index (χ2n) is 10.1. The minimum Gasteiger partial charge on any atom is -0.545 e. The molecule has 0 fully saturated rings. The fourth-order valence-corrected chi connectivity index (χ4v) is 4.50. The molecule has 243 valence electrons. The molecule has 50 heavy (non-hydrogen) atoms. The molecular formula is C34H26CrLiN8O6+2. The van der Waals surface area contributed by atoms with Crippen LogP contribution in [0.3, 0.4) is 0 Å². The van der Waals surface area contributed by atoms with Crippen molar-refractivity contribution in [1.82, 2.24) is 19.6 Å². The van der Waals surface area contributed by atoms with Crippen molar-refractivity contribution in [2.75, 3.05) is 0 Å². The molecule has 2 N–H and O–H groups in total. The number of carbonyl (C=O) groups excluding carboxylic acids is 2. The monoisotopic (exact) mass is 701 g/mol. The van der Waals surface area contributed by atoms with E-state index in [-0.39, 0.29) is 81.2 Å². The van der Waals surface area contributed by atoms with Crippen LogP contribution in [0.15, 0.2) is 139 Å². The van der Waals surface area contributed by atoms with Crippen molar-refractivity contribution in [2.24, 2.45) is 20.5 Å². The number of carbonyl (C=O) groups is 2. The fraction of sp³-hybridized carbons (Fsp3) is 0.0588. The van der Waals surface area contributed by atoms with Crippen LogP contribution in [0, 0.1) is 13.8 Å². The van der Waals surface area contributed by atoms with E-state index in [0.717, 1.165) is 0 Å². The fourth-order valence-electron chi connectivity index (χ4n) is 4.50. The molecule has 0 saturated heterocycles. The third-order valence-electron chi connectivity index (χ3n) is 6.87. The molecule has 14 nitrogen and oxygen atoms in total. The molecule has 0 amide bonds. The molecule has 4 aromatic carbocycles. The number of aromatic carboxylic acids is 2. The number of carboxylic acid groups (broad SMARTS) is 2. The summed E-state index contributed by atoms with van der Waals surface area (Å²) in [5.74, 6) is -2.70. The summed E-state index contributed by atoms with van der Waals surface area (Å²) >= 11 is 0. The van der Waals surface area contributed by atoms with E-state index in [0.29, 0.717) is 22.8 Å². The summed E-state index contributed by atoms with van der Waals surface area (Å²) in [6.45, 7) is 3.39. The smallest absolute Gasteiger partial charge is 0.545 e. The second-order valence-corrected chi connectivity index (χ2v) is 10.1. The van der Waals surface area contributed by atoms with Crippen LogP contribution in [0.4, 0.5) is 22.7 Å². The average molecular weight is 702 g/mol. The number of hydrogen-bond donors (Lipinski definition) is 2. The first-order valence-electron chi connectivity index (χ1n) is 14.3. The average Bonchev–Trinajstić information content (AvgIpc) is 3.55. The van der Waals surface area contributed by atoms with Gasteiger partial charge in [0.2, 0.25) is 0 Å². The van der Waals surface area contributed by atoms with Gasteiger partial charge in [0.05, 0.1) is 46.1 Å². The number of azo groups is 2. The maximum absolute atomic E-state index is 12.5. The minimum atomic E-state index is -1.35. The second kappa shape index (κ2) is 17.5. The molecule has 16 heteroatoms. The number of nitrogens with zero attached hydrogens (tertiary/aromatic N) is 6. The van der Waals surface area contributed by atoms with Gasteiger partial charge in [0.25, 0.3) is 11.1 Å². The molecule has 2 aromatic heterocycles. The predicted molar refractivity (Wildman–Crippen MR) is 172 cm³/mol. The van der Waals surface area contributed by atoms with Gasteiger partial charge in [-0.2, -0.15) is 0 Å². The van der Waals surface area contributed by atoms with Crippen LogP contribution in [-0.4, -0.2) is 31.5 Å². The van der Waals surface area contributed by atoms with Gasteiger partial charge in [0.15, 0.2) is 11.4 Å². The first-order chi connectivity index (χ1) is 23.2. The Kier molecular flexibility index (Phi) is 13.5. The molecule has 1 radical (unpaired) electrons. The summed E-state index contributed by atoms with van der Waals surface area (Å²) in [6.07, 6.45) is 0. The Bertz CT molecular complexity index is 2120. The summed E-state index contributed by atoms with van der Waals surface area (Å²) in [7, 11) is 0. The molecule has 0 aliphatic heterocycles. The Hall–Kier alpha value is -5.83. The van der Waals surface area contributed by atoms with Gasteiger partial charge in [0.1, 0.15) is 0 Å². The number of para-hydroxylation sites is 2. The first kappa shape index (κ1) is 38.6. The number of aryl methyl sites for hydroxylation is 2. The normalized spacial score (nSPS) is 10.6. The molecular weight excluding hydrogens is 675 g/mol. The summed E-state index contributed by atoms with van der Waals surface area (Å²) in [6, 6.07) is 30.2. The van der Waals surface area contributed by atoms with E-state index in [1.54, 1.807) is 62.4 Å². The van der Waals surface area contributed by atoms with Gasteiger partial charge in [-0.25, -0.2) is 9.36 Å². The molecule has 0 spiro atoms. The predicted octanol–water partition coefficient (Wildman–Crippen LogP) is 1.51. The number of benzene rings is 4. The number of hydrogen-bond acceptors (Lipinski definition) is 10. The SMILES string of the molecule is Cc1[nH]n(-c2ccccc2)c(=O)c1N=Nc1ccccc1C(=O)[O-].Cc1[nH]n(-c2ccccc2)c(=O)c1N=Nc1ccccc1C(=O)[O-].[Cr+3].[Li+]. The Balaban J connectivity index is 0.000000260. The zero-order valence-corrected chi connectivity index (χ0v) is 28.2. The van der Waals surface area contributed by atoms with Crippen LogP contribution in [0.5, 0.6) is 0 Å². The summed E-state index contributed by atoms with van der Waals surface area (Å²) < 4.78 is 2.71. The number of rotatable bonds is 8. The van der Waals surface area contributed by atoms with E-state index in [4.69, 9.17) is 0 Å². The van der Waals surface area contributed by atoms with Crippen LogP contribution in [0.25, 0.3) is 11.4 Å². The van der Waals surface area contributed by atoms with Gasteiger partial charge in [0, 0.05) is 11.1 Å². The van der Waals surface area contributed by atoms with E-state index in [9.17, 15) is 29.4 Å². The van der Waals surface area contributed by atoms with E-state index in [2.05, 4.69) is 30.7 Å². The number of aromatic nitrogens is 4.